The second-order valence-corrected chi connectivity index (χ2v) is 6.02. The van der Waals surface area contributed by atoms with Crippen LogP contribution in [0.1, 0.15) is 11.1 Å². The third-order valence-corrected chi connectivity index (χ3v) is 4.00. The Morgan fingerprint density at radius 2 is 1.82 bits per heavy atom. The summed E-state index contributed by atoms with van der Waals surface area (Å²) in [4.78, 5) is 23.4. The number of amides is 2. The third kappa shape index (κ3) is 5.34. The van der Waals surface area contributed by atoms with Crippen molar-refractivity contribution in [2.45, 2.75) is 13.1 Å². The van der Waals surface area contributed by atoms with Crippen LogP contribution in [0, 0.1) is 18.3 Å². The van der Waals surface area contributed by atoms with Crippen LogP contribution in [0.15, 0.2) is 48.0 Å². The number of halogens is 4. The molecule has 2 aromatic rings. The van der Waals surface area contributed by atoms with Gasteiger partial charge in [0.2, 0.25) is 0 Å². The van der Waals surface area contributed by atoms with Crippen LogP contribution in [0.5, 0.6) is 0 Å². The zero-order valence-corrected chi connectivity index (χ0v) is 15.2. The average molecular weight is 408 g/mol. The number of nitrogens with zero attached hydrogens (tertiary/aromatic N) is 1. The van der Waals surface area contributed by atoms with Gasteiger partial charge < -0.3 is 10.6 Å². The Bertz CT molecular complexity index is 995. The first-order valence-electron chi connectivity index (χ1n) is 7.78. The van der Waals surface area contributed by atoms with E-state index in [9.17, 15) is 28.0 Å². The number of nitriles is 1. The Hall–Kier alpha value is -3.31. The number of hydrogen-bond donors (Lipinski definition) is 2. The maximum Gasteiger partial charge on any atom is 0.471 e. The molecule has 2 N–H and O–H groups in total. The van der Waals surface area contributed by atoms with E-state index in [4.69, 9.17) is 11.6 Å². The lowest BCUT2D eigenvalue weighted by atomic mass is 10.1. The number of benzene rings is 2. The molecule has 0 spiro atoms. The van der Waals surface area contributed by atoms with Gasteiger partial charge in [0, 0.05) is 16.4 Å². The van der Waals surface area contributed by atoms with Crippen molar-refractivity contribution in [2.24, 2.45) is 0 Å². The van der Waals surface area contributed by atoms with Gasteiger partial charge >= 0.3 is 12.1 Å². The molecule has 0 aliphatic rings. The molecule has 0 aromatic heterocycles. The van der Waals surface area contributed by atoms with E-state index >= 15 is 0 Å². The second kappa shape index (κ2) is 8.59. The molecule has 0 fully saturated rings. The fraction of sp³-hybridized carbons (Fsp3) is 0.105. The van der Waals surface area contributed by atoms with Crippen molar-refractivity contribution >= 4 is 40.9 Å². The monoisotopic (exact) mass is 407 g/mol. The quantitative estimate of drug-likeness (QED) is 0.569. The molecule has 2 rings (SSSR count). The molecule has 9 heteroatoms. The Balaban J connectivity index is 2.23. The van der Waals surface area contributed by atoms with E-state index in [-0.39, 0.29) is 16.8 Å². The standard InChI is InChI=1S/C19H13ClF3N3O2/c1-11-15(20)6-3-7-16(11)26-17(27)13(10-24)8-12-4-2-5-14(9-12)25-18(28)19(21,22)23/h2-9H,1H3,(H,25,28)(H,26,27)/b13-8+. The fourth-order valence-corrected chi connectivity index (χ4v) is 2.33. The molecule has 2 amide bonds. The molecule has 0 bridgehead atoms. The lowest BCUT2D eigenvalue weighted by Gasteiger charge is -2.10. The zero-order valence-electron chi connectivity index (χ0n) is 14.4. The Labute approximate surface area is 163 Å². The summed E-state index contributed by atoms with van der Waals surface area (Å²) in [5.41, 5.74) is 0.893. The Morgan fingerprint density at radius 3 is 2.46 bits per heavy atom. The van der Waals surface area contributed by atoms with E-state index in [1.54, 1.807) is 36.5 Å². The minimum absolute atomic E-state index is 0.126. The van der Waals surface area contributed by atoms with Gasteiger partial charge in [-0.05, 0) is 48.4 Å². The smallest absolute Gasteiger partial charge is 0.321 e. The highest BCUT2D eigenvalue weighted by molar-refractivity contribution is 6.31. The first-order valence-corrected chi connectivity index (χ1v) is 8.16. The van der Waals surface area contributed by atoms with Crippen LogP contribution in [-0.2, 0) is 9.59 Å². The van der Waals surface area contributed by atoms with E-state index in [2.05, 4.69) is 5.32 Å². The van der Waals surface area contributed by atoms with Gasteiger partial charge in [-0.15, -0.1) is 0 Å². The van der Waals surface area contributed by atoms with Gasteiger partial charge in [-0.25, -0.2) is 0 Å². The first kappa shape index (κ1) is 21.0. The van der Waals surface area contributed by atoms with Crippen molar-refractivity contribution in [1.82, 2.24) is 0 Å². The second-order valence-electron chi connectivity index (χ2n) is 5.61. The molecule has 0 aliphatic carbocycles. The molecule has 0 saturated carbocycles. The first-order chi connectivity index (χ1) is 13.1. The van der Waals surface area contributed by atoms with Gasteiger partial charge in [0.1, 0.15) is 11.6 Å². The van der Waals surface area contributed by atoms with E-state index in [1.807, 2.05) is 0 Å². The predicted molar refractivity (Wildman–Crippen MR) is 99.5 cm³/mol. The fourth-order valence-electron chi connectivity index (χ4n) is 2.16. The highest BCUT2D eigenvalue weighted by Gasteiger charge is 2.38. The van der Waals surface area contributed by atoms with E-state index < -0.39 is 18.0 Å². The number of carbonyl (C=O) groups excluding carboxylic acids is 2. The van der Waals surface area contributed by atoms with Crippen molar-refractivity contribution in [3.8, 4) is 6.07 Å². The molecule has 5 nitrogen and oxygen atoms in total. The summed E-state index contributed by atoms with van der Waals surface area (Å²) in [6.45, 7) is 1.69. The van der Waals surface area contributed by atoms with Gasteiger partial charge in [0.05, 0.1) is 0 Å². The largest absolute Gasteiger partial charge is 0.471 e. The number of hydrogen-bond acceptors (Lipinski definition) is 3. The summed E-state index contributed by atoms with van der Waals surface area (Å²) >= 11 is 5.99. The number of anilines is 2. The van der Waals surface area contributed by atoms with E-state index in [0.717, 1.165) is 0 Å². The summed E-state index contributed by atoms with van der Waals surface area (Å²) in [5, 5.41) is 14.0. The summed E-state index contributed by atoms with van der Waals surface area (Å²) < 4.78 is 37.0. The zero-order chi connectivity index (χ0) is 20.9. The van der Waals surface area contributed by atoms with Crippen molar-refractivity contribution in [3.63, 3.8) is 0 Å². The topological polar surface area (TPSA) is 82.0 Å². The molecule has 0 aliphatic heterocycles. The Kier molecular flexibility index (Phi) is 6.44. The van der Waals surface area contributed by atoms with Crippen LogP contribution in [0.3, 0.4) is 0 Å². The maximum atomic E-state index is 12.3. The minimum Gasteiger partial charge on any atom is -0.321 e. The predicted octanol–water partition coefficient (Wildman–Crippen LogP) is 4.69. The summed E-state index contributed by atoms with van der Waals surface area (Å²) in [5.74, 6) is -2.83. The molecular formula is C19H13ClF3N3O2. The van der Waals surface area contributed by atoms with Crippen molar-refractivity contribution < 1.29 is 22.8 Å². The number of alkyl halides is 3. The number of rotatable bonds is 4. The number of carbonyl (C=O) groups is 2. The van der Waals surface area contributed by atoms with E-state index in [0.29, 0.717) is 16.3 Å². The summed E-state index contributed by atoms with van der Waals surface area (Å²) in [6.07, 6.45) is -3.84. The van der Waals surface area contributed by atoms with Gasteiger partial charge in [-0.2, -0.15) is 18.4 Å². The van der Waals surface area contributed by atoms with Crippen LogP contribution in [-0.4, -0.2) is 18.0 Å². The summed E-state index contributed by atoms with van der Waals surface area (Å²) in [6, 6.07) is 11.9. The molecule has 0 atom stereocenters. The Morgan fingerprint density at radius 1 is 1.14 bits per heavy atom. The molecule has 2 aromatic carbocycles. The van der Waals surface area contributed by atoms with Crippen molar-refractivity contribution in [2.75, 3.05) is 10.6 Å². The molecule has 28 heavy (non-hydrogen) atoms. The van der Waals surface area contributed by atoms with Crippen LogP contribution in [0.4, 0.5) is 24.5 Å². The van der Waals surface area contributed by atoms with Gasteiger partial charge in [-0.3, -0.25) is 9.59 Å². The van der Waals surface area contributed by atoms with Crippen LogP contribution < -0.4 is 10.6 Å². The normalized spacial score (nSPS) is 11.5. The van der Waals surface area contributed by atoms with Crippen molar-refractivity contribution in [3.05, 3.63) is 64.2 Å². The molecule has 0 unspecified atom stereocenters. The van der Waals surface area contributed by atoms with Gasteiger partial charge in [0.25, 0.3) is 5.91 Å². The average Bonchev–Trinajstić information content (AvgIpc) is 2.63. The van der Waals surface area contributed by atoms with E-state index in [1.165, 1.54) is 30.3 Å². The van der Waals surface area contributed by atoms with Crippen molar-refractivity contribution in [1.29, 1.82) is 5.26 Å². The van der Waals surface area contributed by atoms with Crippen LogP contribution in [0.2, 0.25) is 5.02 Å². The maximum absolute atomic E-state index is 12.3. The lowest BCUT2D eigenvalue weighted by Crippen LogP contribution is -2.29. The molecule has 0 radical (unpaired) electrons. The highest BCUT2D eigenvalue weighted by atomic mass is 35.5. The SMILES string of the molecule is Cc1c(Cl)cccc1NC(=O)/C(C#N)=C/c1cccc(NC(=O)C(F)(F)F)c1. The molecule has 144 valence electrons. The number of nitrogens with one attached hydrogen (secondary N) is 2. The van der Waals surface area contributed by atoms with Crippen LogP contribution >= 0.6 is 11.6 Å². The summed E-state index contributed by atoms with van der Waals surface area (Å²) in [7, 11) is 0. The van der Waals surface area contributed by atoms with Gasteiger partial charge in [-0.1, -0.05) is 29.8 Å². The minimum atomic E-state index is -5.03. The van der Waals surface area contributed by atoms with Gasteiger partial charge in [0.15, 0.2) is 0 Å². The van der Waals surface area contributed by atoms with Crippen LogP contribution in [0.25, 0.3) is 6.08 Å². The molecule has 0 heterocycles. The third-order valence-electron chi connectivity index (χ3n) is 3.59. The molecule has 0 saturated heterocycles. The molecular weight excluding hydrogens is 395 g/mol. The highest BCUT2D eigenvalue weighted by Crippen LogP contribution is 2.24. The lowest BCUT2D eigenvalue weighted by molar-refractivity contribution is -0.167.